The van der Waals surface area contributed by atoms with Crippen LogP contribution in [0.15, 0.2) is 48.5 Å². The van der Waals surface area contributed by atoms with Crippen LogP contribution in [0.1, 0.15) is 30.0 Å². The Bertz CT molecular complexity index is 999. The summed E-state index contributed by atoms with van der Waals surface area (Å²) in [5.41, 5.74) is 1.48. The smallest absolute Gasteiger partial charge is 0.376 e. The summed E-state index contributed by atoms with van der Waals surface area (Å²) in [5.74, 6) is -0.334. The average Bonchev–Trinajstić information content (AvgIpc) is 2.69. The Hall–Kier alpha value is -2.90. The van der Waals surface area contributed by atoms with Crippen molar-refractivity contribution in [1.29, 1.82) is 0 Å². The summed E-state index contributed by atoms with van der Waals surface area (Å²) in [6.45, 7) is 3.99. The number of aromatic nitrogens is 3. The summed E-state index contributed by atoms with van der Waals surface area (Å²) >= 11 is 12.0. The van der Waals surface area contributed by atoms with Crippen LogP contribution in [-0.2, 0) is 11.3 Å². The van der Waals surface area contributed by atoms with E-state index in [0.29, 0.717) is 15.7 Å². The van der Waals surface area contributed by atoms with Crippen LogP contribution in [0.3, 0.4) is 0 Å². The molecule has 2 aromatic carbocycles. The topological polar surface area (TPSA) is 89.0 Å². The van der Waals surface area contributed by atoms with Crippen molar-refractivity contribution in [1.82, 2.24) is 15.0 Å². The fraction of sp³-hybridized carbons (Fsp3) is 0.200. The number of esters is 1. The monoisotopic (exact) mass is 431 g/mol. The van der Waals surface area contributed by atoms with Gasteiger partial charge in [0.15, 0.2) is 0 Å². The molecule has 7 nitrogen and oxygen atoms in total. The molecule has 3 rings (SSSR count). The molecule has 0 saturated heterocycles. The van der Waals surface area contributed by atoms with Crippen LogP contribution >= 0.6 is 23.2 Å². The Kier molecular flexibility index (Phi) is 6.85. The second-order valence-corrected chi connectivity index (χ2v) is 7.24. The van der Waals surface area contributed by atoms with Crippen molar-refractivity contribution in [3.05, 3.63) is 70.0 Å². The van der Waals surface area contributed by atoms with Crippen LogP contribution in [0.25, 0.3) is 0 Å². The molecule has 0 amide bonds. The predicted octanol–water partition coefficient (Wildman–Crippen LogP) is 5.10. The van der Waals surface area contributed by atoms with Gasteiger partial charge in [0.25, 0.3) is 0 Å². The molecule has 0 aliphatic carbocycles. The number of hydrogen-bond acceptors (Lipinski definition) is 7. The van der Waals surface area contributed by atoms with Gasteiger partial charge in [-0.15, -0.1) is 0 Å². The molecule has 2 N–H and O–H groups in total. The molecule has 0 atom stereocenters. The zero-order valence-corrected chi connectivity index (χ0v) is 17.3. The van der Waals surface area contributed by atoms with Gasteiger partial charge in [0.1, 0.15) is 6.61 Å². The summed E-state index contributed by atoms with van der Waals surface area (Å²) in [6.07, 6.45) is 0. The van der Waals surface area contributed by atoms with E-state index in [4.69, 9.17) is 27.9 Å². The van der Waals surface area contributed by atoms with E-state index >= 15 is 0 Å². The Morgan fingerprint density at radius 1 is 1.00 bits per heavy atom. The largest absolute Gasteiger partial charge is 0.455 e. The number of benzene rings is 2. The summed E-state index contributed by atoms with van der Waals surface area (Å²) in [5, 5.41) is 6.88. The third kappa shape index (κ3) is 6.04. The van der Waals surface area contributed by atoms with E-state index in [-0.39, 0.29) is 30.4 Å². The molecule has 0 fully saturated rings. The molecular formula is C20H19Cl2N5O2. The number of nitrogens with one attached hydrogen (secondary N) is 2. The van der Waals surface area contributed by atoms with Gasteiger partial charge in [0, 0.05) is 11.7 Å². The maximum absolute atomic E-state index is 12.5. The second-order valence-electron chi connectivity index (χ2n) is 6.42. The fourth-order valence-corrected chi connectivity index (χ4v) is 2.63. The van der Waals surface area contributed by atoms with Gasteiger partial charge in [-0.05, 0) is 37.6 Å². The number of anilines is 3. The third-order valence-corrected chi connectivity index (χ3v) is 4.36. The van der Waals surface area contributed by atoms with Crippen molar-refractivity contribution in [2.75, 3.05) is 10.6 Å². The van der Waals surface area contributed by atoms with E-state index in [1.165, 1.54) is 0 Å². The lowest BCUT2D eigenvalue weighted by molar-refractivity contribution is 0.0458. The molecule has 0 unspecified atom stereocenters. The highest BCUT2D eigenvalue weighted by Gasteiger charge is 2.16. The van der Waals surface area contributed by atoms with Gasteiger partial charge in [-0.2, -0.15) is 15.0 Å². The van der Waals surface area contributed by atoms with Crippen LogP contribution in [0.5, 0.6) is 0 Å². The number of halogens is 2. The molecule has 0 bridgehead atoms. The molecule has 0 aliphatic rings. The molecule has 0 saturated carbocycles. The zero-order chi connectivity index (χ0) is 20.8. The lowest BCUT2D eigenvalue weighted by Crippen LogP contribution is -2.18. The molecule has 0 radical (unpaired) electrons. The molecule has 1 aromatic heterocycles. The Balaban J connectivity index is 1.82. The lowest BCUT2D eigenvalue weighted by Gasteiger charge is -2.12. The van der Waals surface area contributed by atoms with Crippen LogP contribution in [0.4, 0.5) is 17.6 Å². The standard InChI is InChI=1S/C20H19Cl2N5O2/c1-12(2)23-19-25-17(18(28)29-11-13-6-4-3-5-7-13)26-20(27-19)24-14-8-9-15(21)16(22)10-14/h3-10,12H,11H2,1-2H3,(H2,23,24,25,26,27). The van der Waals surface area contributed by atoms with Crippen LogP contribution in [0.2, 0.25) is 10.0 Å². The van der Waals surface area contributed by atoms with Gasteiger partial charge in [-0.1, -0.05) is 53.5 Å². The van der Waals surface area contributed by atoms with Gasteiger partial charge in [-0.25, -0.2) is 4.79 Å². The zero-order valence-electron chi connectivity index (χ0n) is 15.8. The normalized spacial score (nSPS) is 10.7. The number of carbonyl (C=O) groups is 1. The first-order valence-corrected chi connectivity index (χ1v) is 9.62. The first-order valence-electron chi connectivity index (χ1n) is 8.86. The molecule has 0 aliphatic heterocycles. The van der Waals surface area contributed by atoms with Gasteiger partial charge in [0.05, 0.1) is 10.0 Å². The van der Waals surface area contributed by atoms with E-state index < -0.39 is 5.97 Å². The van der Waals surface area contributed by atoms with Crippen LogP contribution in [0, 0.1) is 0 Å². The summed E-state index contributed by atoms with van der Waals surface area (Å²) in [6, 6.07) is 14.4. The van der Waals surface area contributed by atoms with Crippen molar-refractivity contribution in [2.45, 2.75) is 26.5 Å². The minimum atomic E-state index is -0.653. The minimum Gasteiger partial charge on any atom is -0.455 e. The van der Waals surface area contributed by atoms with Crippen molar-refractivity contribution in [3.63, 3.8) is 0 Å². The Morgan fingerprint density at radius 3 is 2.41 bits per heavy atom. The van der Waals surface area contributed by atoms with E-state index in [1.54, 1.807) is 18.2 Å². The fourth-order valence-electron chi connectivity index (χ4n) is 2.34. The summed E-state index contributed by atoms with van der Waals surface area (Å²) < 4.78 is 5.33. The average molecular weight is 432 g/mol. The maximum atomic E-state index is 12.5. The molecule has 3 aromatic rings. The molecule has 9 heteroatoms. The highest BCUT2D eigenvalue weighted by atomic mass is 35.5. The number of nitrogens with zero attached hydrogens (tertiary/aromatic N) is 3. The molecular weight excluding hydrogens is 413 g/mol. The molecule has 1 heterocycles. The predicted molar refractivity (Wildman–Crippen MR) is 114 cm³/mol. The van der Waals surface area contributed by atoms with Crippen LogP contribution < -0.4 is 10.6 Å². The van der Waals surface area contributed by atoms with E-state index in [1.807, 2.05) is 44.2 Å². The Morgan fingerprint density at radius 2 is 1.72 bits per heavy atom. The lowest BCUT2D eigenvalue weighted by atomic mass is 10.2. The van der Waals surface area contributed by atoms with Crippen molar-refractivity contribution in [2.24, 2.45) is 0 Å². The molecule has 150 valence electrons. The SMILES string of the molecule is CC(C)Nc1nc(Nc2ccc(Cl)c(Cl)c2)nc(C(=O)OCc2ccccc2)n1. The van der Waals surface area contributed by atoms with E-state index in [0.717, 1.165) is 5.56 Å². The second kappa shape index (κ2) is 9.54. The highest BCUT2D eigenvalue weighted by Crippen LogP contribution is 2.26. The molecule has 29 heavy (non-hydrogen) atoms. The number of rotatable bonds is 7. The maximum Gasteiger partial charge on any atom is 0.376 e. The number of carbonyl (C=O) groups excluding carboxylic acids is 1. The quantitative estimate of drug-likeness (QED) is 0.502. The number of ether oxygens (including phenoxy) is 1. The van der Waals surface area contributed by atoms with Gasteiger partial charge < -0.3 is 15.4 Å². The minimum absolute atomic E-state index is 0.0587. The van der Waals surface area contributed by atoms with E-state index in [2.05, 4.69) is 25.6 Å². The van der Waals surface area contributed by atoms with Gasteiger partial charge >= 0.3 is 5.97 Å². The van der Waals surface area contributed by atoms with E-state index in [9.17, 15) is 4.79 Å². The van der Waals surface area contributed by atoms with Crippen molar-refractivity contribution in [3.8, 4) is 0 Å². The third-order valence-electron chi connectivity index (χ3n) is 3.62. The summed E-state index contributed by atoms with van der Waals surface area (Å²) in [7, 11) is 0. The first-order chi connectivity index (χ1) is 13.9. The van der Waals surface area contributed by atoms with Crippen molar-refractivity contribution < 1.29 is 9.53 Å². The van der Waals surface area contributed by atoms with Gasteiger partial charge in [-0.3, -0.25) is 0 Å². The summed E-state index contributed by atoms with van der Waals surface area (Å²) in [4.78, 5) is 25.1. The number of hydrogen-bond donors (Lipinski definition) is 2. The first kappa shape index (κ1) is 20.8. The highest BCUT2D eigenvalue weighted by molar-refractivity contribution is 6.42. The van der Waals surface area contributed by atoms with Gasteiger partial charge in [0.2, 0.25) is 17.7 Å². The van der Waals surface area contributed by atoms with Crippen LogP contribution in [-0.4, -0.2) is 27.0 Å². The molecule has 0 spiro atoms. The van der Waals surface area contributed by atoms with Crippen molar-refractivity contribution >= 4 is 46.8 Å². The Labute approximate surface area is 178 Å².